The molecule has 0 atom stereocenters. The van der Waals surface area contributed by atoms with Crippen LogP contribution in [0.4, 0.5) is 23.4 Å². The molecule has 0 fully saturated rings. The zero-order chi connectivity index (χ0) is 18.3. The summed E-state index contributed by atoms with van der Waals surface area (Å²) in [6, 6.07) is 9.12. The summed E-state index contributed by atoms with van der Waals surface area (Å²) in [6.07, 6.45) is 0. The molecule has 10 nitrogen and oxygen atoms in total. The van der Waals surface area contributed by atoms with Crippen LogP contribution >= 0.6 is 0 Å². The quantitative estimate of drug-likeness (QED) is 0.312. The van der Waals surface area contributed by atoms with Crippen LogP contribution in [0.15, 0.2) is 54.8 Å². The van der Waals surface area contributed by atoms with E-state index in [1.165, 1.54) is 12.1 Å². The lowest BCUT2D eigenvalue weighted by atomic mass is 10.2. The maximum absolute atomic E-state index is 12.0. The molecule has 0 radical (unpaired) electrons. The van der Waals surface area contributed by atoms with Crippen molar-refractivity contribution >= 4 is 45.3 Å². The maximum atomic E-state index is 12.0. The summed E-state index contributed by atoms with van der Waals surface area (Å²) in [5, 5.41) is 0.573. The SMILES string of the molecule is Nc1ccc2oc(NNc3ccc4c(=O)nc(N)oc4c3)nc(=O)c2c1. The molecule has 0 saturated heterocycles. The number of nitrogens with one attached hydrogen (secondary N) is 2. The molecule has 4 rings (SSSR count). The first-order valence-corrected chi connectivity index (χ1v) is 7.42. The van der Waals surface area contributed by atoms with Crippen LogP contribution in [0.5, 0.6) is 0 Å². The van der Waals surface area contributed by atoms with Crippen molar-refractivity contribution in [3.05, 3.63) is 57.1 Å². The normalized spacial score (nSPS) is 10.9. The third-order valence-corrected chi connectivity index (χ3v) is 3.60. The van der Waals surface area contributed by atoms with E-state index in [0.717, 1.165) is 0 Å². The minimum Gasteiger partial charge on any atom is -0.425 e. The minimum atomic E-state index is -0.482. The highest BCUT2D eigenvalue weighted by molar-refractivity contribution is 5.81. The van der Waals surface area contributed by atoms with Crippen molar-refractivity contribution in [3.63, 3.8) is 0 Å². The number of nitrogens with two attached hydrogens (primary N) is 2. The summed E-state index contributed by atoms with van der Waals surface area (Å²) in [5.41, 5.74) is 17.2. The second-order valence-corrected chi connectivity index (χ2v) is 5.40. The third kappa shape index (κ3) is 2.75. The summed E-state index contributed by atoms with van der Waals surface area (Å²) in [7, 11) is 0. The van der Waals surface area contributed by atoms with Crippen molar-refractivity contribution in [1.29, 1.82) is 0 Å². The standard InChI is InChI=1S/C16H12N6O4/c17-7-1-4-11-10(5-7)14(24)20-16(26-11)22-21-8-2-3-9-12(6-8)25-15(18)19-13(9)23/h1-6,21H,17H2,(H2,18,19,23)(H,20,22,24). The van der Waals surface area contributed by atoms with E-state index in [4.69, 9.17) is 20.3 Å². The van der Waals surface area contributed by atoms with E-state index >= 15 is 0 Å². The second-order valence-electron chi connectivity index (χ2n) is 5.40. The van der Waals surface area contributed by atoms with E-state index in [2.05, 4.69) is 20.8 Å². The van der Waals surface area contributed by atoms with Crippen molar-refractivity contribution in [2.45, 2.75) is 0 Å². The Hall–Kier alpha value is -4.08. The predicted molar refractivity (Wildman–Crippen MR) is 96.6 cm³/mol. The Kier molecular flexibility index (Phi) is 3.43. The van der Waals surface area contributed by atoms with Gasteiger partial charge in [0.25, 0.3) is 17.1 Å². The van der Waals surface area contributed by atoms with Gasteiger partial charge in [0.1, 0.15) is 11.2 Å². The van der Waals surface area contributed by atoms with Crippen LogP contribution in [0.2, 0.25) is 0 Å². The van der Waals surface area contributed by atoms with E-state index in [0.29, 0.717) is 17.0 Å². The van der Waals surface area contributed by atoms with Crippen LogP contribution in [0.1, 0.15) is 0 Å². The maximum Gasteiger partial charge on any atom is 0.317 e. The average molecular weight is 352 g/mol. The van der Waals surface area contributed by atoms with Crippen molar-refractivity contribution in [1.82, 2.24) is 9.97 Å². The first-order chi connectivity index (χ1) is 12.5. The summed E-state index contributed by atoms with van der Waals surface area (Å²) in [4.78, 5) is 31.1. The Morgan fingerprint density at radius 1 is 0.808 bits per heavy atom. The average Bonchev–Trinajstić information content (AvgIpc) is 2.60. The molecule has 0 saturated carbocycles. The fourth-order valence-corrected chi connectivity index (χ4v) is 2.42. The molecular weight excluding hydrogens is 340 g/mol. The molecule has 130 valence electrons. The van der Waals surface area contributed by atoms with Gasteiger partial charge in [-0.25, -0.2) is 0 Å². The molecule has 0 aliphatic carbocycles. The van der Waals surface area contributed by atoms with Gasteiger partial charge in [-0.05, 0) is 30.3 Å². The van der Waals surface area contributed by atoms with Crippen molar-refractivity contribution in [3.8, 4) is 0 Å². The number of aromatic nitrogens is 2. The van der Waals surface area contributed by atoms with Crippen LogP contribution in [-0.2, 0) is 0 Å². The lowest BCUT2D eigenvalue weighted by Crippen LogP contribution is -2.15. The van der Waals surface area contributed by atoms with Gasteiger partial charge in [0.05, 0.1) is 16.5 Å². The number of hydrogen-bond acceptors (Lipinski definition) is 10. The minimum absolute atomic E-state index is 0.0388. The van der Waals surface area contributed by atoms with Gasteiger partial charge in [-0.2, -0.15) is 9.97 Å². The number of anilines is 4. The highest BCUT2D eigenvalue weighted by Gasteiger charge is 2.08. The van der Waals surface area contributed by atoms with E-state index in [1.807, 2.05) is 0 Å². The van der Waals surface area contributed by atoms with Crippen LogP contribution in [0.25, 0.3) is 21.9 Å². The van der Waals surface area contributed by atoms with Gasteiger partial charge in [0.15, 0.2) is 0 Å². The lowest BCUT2D eigenvalue weighted by molar-refractivity contribution is 0.595. The lowest BCUT2D eigenvalue weighted by Gasteiger charge is -2.09. The molecule has 0 spiro atoms. The molecule has 2 aromatic heterocycles. The van der Waals surface area contributed by atoms with Crippen LogP contribution in [0, 0.1) is 0 Å². The first kappa shape index (κ1) is 15.4. The van der Waals surface area contributed by atoms with Gasteiger partial charge in [0, 0.05) is 11.8 Å². The smallest absolute Gasteiger partial charge is 0.317 e. The van der Waals surface area contributed by atoms with Gasteiger partial charge >= 0.3 is 6.01 Å². The zero-order valence-electron chi connectivity index (χ0n) is 13.1. The number of hydrazine groups is 1. The number of nitrogen functional groups attached to an aromatic ring is 2. The van der Waals surface area contributed by atoms with Crippen molar-refractivity contribution in [2.75, 3.05) is 22.3 Å². The van der Waals surface area contributed by atoms with Crippen LogP contribution in [-0.4, -0.2) is 9.97 Å². The Labute approximate surface area is 144 Å². The van der Waals surface area contributed by atoms with Crippen LogP contribution in [0.3, 0.4) is 0 Å². The van der Waals surface area contributed by atoms with Gasteiger partial charge in [0.2, 0.25) is 0 Å². The van der Waals surface area contributed by atoms with Gasteiger partial charge in [-0.3, -0.25) is 20.4 Å². The number of fused-ring (bicyclic) bond motifs is 2. The Morgan fingerprint density at radius 2 is 1.62 bits per heavy atom. The highest BCUT2D eigenvalue weighted by Crippen LogP contribution is 2.19. The molecule has 0 unspecified atom stereocenters. The zero-order valence-corrected chi connectivity index (χ0v) is 13.1. The van der Waals surface area contributed by atoms with Gasteiger partial charge in [-0.1, -0.05) is 0 Å². The number of hydrogen-bond donors (Lipinski definition) is 4. The first-order valence-electron chi connectivity index (χ1n) is 7.42. The molecule has 0 amide bonds. The topological polar surface area (TPSA) is 162 Å². The Morgan fingerprint density at radius 3 is 2.46 bits per heavy atom. The molecule has 0 aliphatic heterocycles. The van der Waals surface area contributed by atoms with E-state index in [-0.39, 0.29) is 28.4 Å². The Balaban J connectivity index is 1.64. The monoisotopic (exact) mass is 352 g/mol. The molecular formula is C16H12N6O4. The highest BCUT2D eigenvalue weighted by atomic mass is 16.4. The molecule has 4 aromatic rings. The fourth-order valence-electron chi connectivity index (χ4n) is 2.42. The Bertz CT molecular complexity index is 1260. The summed E-state index contributed by atoms with van der Waals surface area (Å²) < 4.78 is 10.7. The second kappa shape index (κ2) is 5.77. The van der Waals surface area contributed by atoms with E-state index < -0.39 is 11.1 Å². The number of benzene rings is 2. The van der Waals surface area contributed by atoms with E-state index in [1.54, 1.807) is 24.3 Å². The van der Waals surface area contributed by atoms with Crippen molar-refractivity contribution < 1.29 is 8.83 Å². The molecule has 6 N–H and O–H groups in total. The summed E-state index contributed by atoms with van der Waals surface area (Å²) >= 11 is 0. The van der Waals surface area contributed by atoms with E-state index in [9.17, 15) is 9.59 Å². The molecule has 0 bridgehead atoms. The number of rotatable bonds is 3. The third-order valence-electron chi connectivity index (χ3n) is 3.60. The molecule has 26 heavy (non-hydrogen) atoms. The fraction of sp³-hybridized carbons (Fsp3) is 0. The molecule has 2 aromatic carbocycles. The number of nitrogens with zero attached hydrogens (tertiary/aromatic N) is 2. The summed E-state index contributed by atoms with van der Waals surface area (Å²) in [5.74, 6) is 0. The molecule has 2 heterocycles. The summed E-state index contributed by atoms with van der Waals surface area (Å²) in [6.45, 7) is 0. The van der Waals surface area contributed by atoms with Crippen LogP contribution < -0.4 is 33.4 Å². The van der Waals surface area contributed by atoms with Crippen molar-refractivity contribution in [2.24, 2.45) is 0 Å². The predicted octanol–water partition coefficient (Wildman–Crippen LogP) is 1.29. The molecule has 10 heteroatoms. The van der Waals surface area contributed by atoms with Gasteiger partial charge < -0.3 is 20.3 Å². The largest absolute Gasteiger partial charge is 0.425 e. The van der Waals surface area contributed by atoms with Gasteiger partial charge in [-0.15, -0.1) is 0 Å². The molecule has 0 aliphatic rings.